The van der Waals surface area contributed by atoms with Crippen LogP contribution in [0.4, 0.5) is 0 Å². The van der Waals surface area contributed by atoms with Crippen LogP contribution >= 0.6 is 0 Å². The first kappa shape index (κ1) is 12.7. The minimum atomic E-state index is -0.187. The fourth-order valence-corrected chi connectivity index (χ4v) is 1.50. The lowest BCUT2D eigenvalue weighted by Gasteiger charge is -2.10. The highest BCUT2D eigenvalue weighted by Crippen LogP contribution is 2.02. The Morgan fingerprint density at radius 2 is 2.31 bits per heavy atom. The molecule has 1 amide bonds. The van der Waals surface area contributed by atoms with Crippen molar-refractivity contribution in [2.24, 2.45) is 0 Å². The highest BCUT2D eigenvalue weighted by molar-refractivity contribution is 5.76. The summed E-state index contributed by atoms with van der Waals surface area (Å²) in [4.78, 5) is 11.4. The summed E-state index contributed by atoms with van der Waals surface area (Å²) in [6, 6.07) is 1.79. The van der Waals surface area contributed by atoms with Gasteiger partial charge in [-0.25, -0.2) is 0 Å². The van der Waals surface area contributed by atoms with Gasteiger partial charge in [0.15, 0.2) is 0 Å². The zero-order chi connectivity index (χ0) is 12.1. The Balaban J connectivity index is 2.40. The fourth-order valence-electron chi connectivity index (χ4n) is 1.50. The summed E-state index contributed by atoms with van der Waals surface area (Å²) in [5.41, 5.74) is 2.02. The monoisotopic (exact) mass is 225 g/mol. The molecule has 1 aromatic rings. The SMILES string of the molecule is Cc1cc(C)n(CCC(=O)N[C@@H](C)CO)n1. The van der Waals surface area contributed by atoms with Crippen LogP contribution in [0.3, 0.4) is 0 Å². The van der Waals surface area contributed by atoms with Crippen LogP contribution in [0, 0.1) is 13.8 Å². The number of carbonyl (C=O) groups excluding carboxylic acids is 1. The van der Waals surface area contributed by atoms with Crippen LogP contribution in [0.2, 0.25) is 0 Å². The van der Waals surface area contributed by atoms with Gasteiger partial charge in [-0.3, -0.25) is 9.48 Å². The van der Waals surface area contributed by atoms with Gasteiger partial charge in [0.1, 0.15) is 0 Å². The predicted molar refractivity (Wildman–Crippen MR) is 61.0 cm³/mol. The number of hydrogen-bond acceptors (Lipinski definition) is 3. The summed E-state index contributed by atoms with van der Waals surface area (Å²) in [6.07, 6.45) is 0.381. The molecule has 0 spiro atoms. The van der Waals surface area contributed by atoms with Crippen LogP contribution in [-0.2, 0) is 11.3 Å². The number of carbonyl (C=O) groups is 1. The summed E-state index contributed by atoms with van der Waals surface area (Å²) >= 11 is 0. The van der Waals surface area contributed by atoms with E-state index in [4.69, 9.17) is 5.11 Å². The van der Waals surface area contributed by atoms with Crippen molar-refractivity contribution in [2.45, 2.75) is 39.8 Å². The molecule has 0 aromatic carbocycles. The van der Waals surface area contributed by atoms with Crippen LogP contribution in [0.1, 0.15) is 24.7 Å². The molecule has 0 aliphatic heterocycles. The molecule has 0 aliphatic carbocycles. The number of nitrogens with one attached hydrogen (secondary N) is 1. The molecule has 0 saturated carbocycles. The number of amides is 1. The van der Waals surface area contributed by atoms with Gasteiger partial charge >= 0.3 is 0 Å². The summed E-state index contributed by atoms with van der Waals surface area (Å²) in [5.74, 6) is -0.0610. The number of aryl methyl sites for hydroxylation is 3. The topological polar surface area (TPSA) is 67.2 Å². The molecule has 5 heteroatoms. The maximum Gasteiger partial charge on any atom is 0.222 e. The minimum Gasteiger partial charge on any atom is -0.394 e. The Labute approximate surface area is 95.5 Å². The highest BCUT2D eigenvalue weighted by atomic mass is 16.3. The fraction of sp³-hybridized carbons (Fsp3) is 0.636. The predicted octanol–water partition coefficient (Wildman–Crippen LogP) is 0.387. The van der Waals surface area contributed by atoms with Crippen molar-refractivity contribution >= 4 is 5.91 Å². The molecule has 0 radical (unpaired) electrons. The standard InChI is InChI=1S/C11H19N3O2/c1-8-6-10(3)14(13-8)5-4-11(16)12-9(2)7-15/h6,9,15H,4-5,7H2,1-3H3,(H,12,16)/t9-/m0/s1. The summed E-state index contributed by atoms with van der Waals surface area (Å²) in [5, 5.41) is 15.7. The van der Waals surface area contributed by atoms with Crippen LogP contribution in [0.25, 0.3) is 0 Å². The Bertz CT molecular complexity index is 360. The molecule has 0 unspecified atom stereocenters. The van der Waals surface area contributed by atoms with E-state index in [9.17, 15) is 4.79 Å². The molecule has 1 aromatic heterocycles. The van der Waals surface area contributed by atoms with Gasteiger partial charge in [-0.2, -0.15) is 5.10 Å². The summed E-state index contributed by atoms with van der Waals surface area (Å²) in [7, 11) is 0. The maximum atomic E-state index is 11.4. The summed E-state index contributed by atoms with van der Waals surface area (Å²) in [6.45, 7) is 6.20. The molecule has 90 valence electrons. The second-order valence-corrected chi connectivity index (χ2v) is 4.05. The van der Waals surface area contributed by atoms with E-state index >= 15 is 0 Å². The third-order valence-corrected chi connectivity index (χ3v) is 2.34. The smallest absolute Gasteiger partial charge is 0.222 e. The Hall–Kier alpha value is -1.36. The Morgan fingerprint density at radius 1 is 1.62 bits per heavy atom. The van der Waals surface area contributed by atoms with Gasteiger partial charge in [0.25, 0.3) is 0 Å². The van der Waals surface area contributed by atoms with Crippen molar-refractivity contribution in [3.8, 4) is 0 Å². The van der Waals surface area contributed by atoms with Gasteiger partial charge in [0, 0.05) is 24.7 Å². The molecule has 1 atom stereocenters. The lowest BCUT2D eigenvalue weighted by atomic mass is 10.3. The van der Waals surface area contributed by atoms with E-state index < -0.39 is 0 Å². The summed E-state index contributed by atoms with van der Waals surface area (Å²) < 4.78 is 1.82. The zero-order valence-electron chi connectivity index (χ0n) is 10.0. The molecule has 16 heavy (non-hydrogen) atoms. The van der Waals surface area contributed by atoms with E-state index in [0.717, 1.165) is 11.4 Å². The first-order valence-corrected chi connectivity index (χ1v) is 5.44. The maximum absolute atomic E-state index is 11.4. The van der Waals surface area contributed by atoms with Crippen molar-refractivity contribution < 1.29 is 9.90 Å². The third-order valence-electron chi connectivity index (χ3n) is 2.34. The zero-order valence-corrected chi connectivity index (χ0v) is 10.0. The number of aromatic nitrogens is 2. The van der Waals surface area contributed by atoms with Gasteiger partial charge < -0.3 is 10.4 Å². The lowest BCUT2D eigenvalue weighted by molar-refractivity contribution is -0.122. The second kappa shape index (κ2) is 5.65. The van der Waals surface area contributed by atoms with E-state index in [1.54, 1.807) is 6.92 Å². The van der Waals surface area contributed by atoms with E-state index in [2.05, 4.69) is 10.4 Å². The first-order valence-electron chi connectivity index (χ1n) is 5.44. The van der Waals surface area contributed by atoms with Crippen molar-refractivity contribution in [3.05, 3.63) is 17.5 Å². The largest absolute Gasteiger partial charge is 0.394 e. The molecule has 0 aliphatic rings. The van der Waals surface area contributed by atoms with Gasteiger partial charge in [-0.1, -0.05) is 0 Å². The van der Waals surface area contributed by atoms with Crippen LogP contribution < -0.4 is 5.32 Å². The van der Waals surface area contributed by atoms with Gasteiger partial charge in [-0.15, -0.1) is 0 Å². The first-order chi connectivity index (χ1) is 7.52. The molecular formula is C11H19N3O2. The quantitative estimate of drug-likeness (QED) is 0.761. The normalized spacial score (nSPS) is 12.5. The average Bonchev–Trinajstić information content (AvgIpc) is 2.54. The Morgan fingerprint density at radius 3 is 2.81 bits per heavy atom. The molecule has 1 heterocycles. The van der Waals surface area contributed by atoms with E-state index in [1.807, 2.05) is 24.6 Å². The van der Waals surface area contributed by atoms with Crippen LogP contribution in [0.15, 0.2) is 6.07 Å². The van der Waals surface area contributed by atoms with E-state index in [-0.39, 0.29) is 18.6 Å². The average molecular weight is 225 g/mol. The van der Waals surface area contributed by atoms with Gasteiger partial charge in [0.2, 0.25) is 5.91 Å². The molecule has 1 rings (SSSR count). The van der Waals surface area contributed by atoms with Gasteiger partial charge in [0.05, 0.1) is 12.3 Å². The van der Waals surface area contributed by atoms with Crippen LogP contribution in [-0.4, -0.2) is 33.4 Å². The molecule has 0 fully saturated rings. The molecule has 2 N–H and O–H groups in total. The molecule has 5 nitrogen and oxygen atoms in total. The number of nitrogens with zero attached hydrogens (tertiary/aromatic N) is 2. The molecule has 0 bridgehead atoms. The molecule has 0 saturated heterocycles. The van der Waals surface area contributed by atoms with E-state index in [1.165, 1.54) is 0 Å². The van der Waals surface area contributed by atoms with Crippen molar-refractivity contribution in [3.63, 3.8) is 0 Å². The highest BCUT2D eigenvalue weighted by Gasteiger charge is 2.07. The molecular weight excluding hydrogens is 206 g/mol. The number of rotatable bonds is 5. The number of hydrogen-bond donors (Lipinski definition) is 2. The van der Waals surface area contributed by atoms with Crippen molar-refractivity contribution in [1.29, 1.82) is 0 Å². The number of aliphatic hydroxyl groups is 1. The second-order valence-electron chi connectivity index (χ2n) is 4.05. The van der Waals surface area contributed by atoms with Crippen molar-refractivity contribution in [2.75, 3.05) is 6.61 Å². The third kappa shape index (κ3) is 3.66. The minimum absolute atomic E-state index is 0.0361. The van der Waals surface area contributed by atoms with Crippen LogP contribution in [0.5, 0.6) is 0 Å². The lowest BCUT2D eigenvalue weighted by Crippen LogP contribution is -2.35. The Kier molecular flexibility index (Phi) is 4.49. The van der Waals surface area contributed by atoms with E-state index in [0.29, 0.717) is 13.0 Å². The number of aliphatic hydroxyl groups excluding tert-OH is 1. The van der Waals surface area contributed by atoms with Gasteiger partial charge in [-0.05, 0) is 26.8 Å². The van der Waals surface area contributed by atoms with Crippen molar-refractivity contribution in [1.82, 2.24) is 15.1 Å².